The molecule has 3 heterocycles. The smallest absolute Gasteiger partial charge is 0.144 e. The first-order valence-corrected chi connectivity index (χ1v) is 9.22. The molecule has 0 radical (unpaired) electrons. The number of rotatable bonds is 3. The van der Waals surface area contributed by atoms with Crippen molar-refractivity contribution in [3.63, 3.8) is 0 Å². The van der Waals surface area contributed by atoms with Gasteiger partial charge in [-0.05, 0) is 43.5 Å². The molecule has 0 atom stereocenters. The third kappa shape index (κ3) is 2.68. The summed E-state index contributed by atoms with van der Waals surface area (Å²) >= 11 is 7.72. The highest BCUT2D eigenvalue weighted by Crippen LogP contribution is 2.39. The van der Waals surface area contributed by atoms with Crippen LogP contribution in [0, 0.1) is 0 Å². The maximum Gasteiger partial charge on any atom is 0.144 e. The highest BCUT2D eigenvalue weighted by Gasteiger charge is 2.23. The lowest BCUT2D eigenvalue weighted by atomic mass is 10.1. The molecule has 0 saturated carbocycles. The lowest BCUT2D eigenvalue weighted by Gasteiger charge is -2.12. The van der Waals surface area contributed by atoms with E-state index in [1.807, 2.05) is 41.1 Å². The minimum Gasteiger partial charge on any atom is -0.494 e. The molecular formula is C18H18ClN3OS. The van der Waals surface area contributed by atoms with E-state index in [0.29, 0.717) is 0 Å². The number of halogens is 1. The number of aromatic nitrogens is 2. The molecule has 1 N–H and O–H groups in total. The van der Waals surface area contributed by atoms with E-state index < -0.39 is 0 Å². The van der Waals surface area contributed by atoms with Crippen LogP contribution in [0.25, 0.3) is 16.3 Å². The molecule has 0 spiro atoms. The molecule has 3 aromatic rings. The van der Waals surface area contributed by atoms with Crippen LogP contribution in [-0.4, -0.2) is 23.4 Å². The summed E-state index contributed by atoms with van der Waals surface area (Å²) in [5.41, 5.74) is 3.22. The van der Waals surface area contributed by atoms with Crippen molar-refractivity contribution in [1.82, 2.24) is 9.78 Å². The van der Waals surface area contributed by atoms with E-state index in [2.05, 4.69) is 5.32 Å². The molecule has 124 valence electrons. The summed E-state index contributed by atoms with van der Waals surface area (Å²) < 4.78 is 8.29. The van der Waals surface area contributed by atoms with Gasteiger partial charge in [-0.25, -0.2) is 4.68 Å². The third-order valence-electron chi connectivity index (χ3n) is 4.25. The van der Waals surface area contributed by atoms with E-state index in [4.69, 9.17) is 21.4 Å². The van der Waals surface area contributed by atoms with Gasteiger partial charge >= 0.3 is 0 Å². The number of hydrogen-bond donors (Lipinski definition) is 1. The van der Waals surface area contributed by atoms with Crippen LogP contribution in [0.4, 0.5) is 5.82 Å². The third-order valence-corrected chi connectivity index (χ3v) is 5.49. The number of fused-ring (bicyclic) bond motifs is 1. The summed E-state index contributed by atoms with van der Waals surface area (Å²) in [7, 11) is 1.69. The first kappa shape index (κ1) is 15.5. The first-order chi connectivity index (χ1) is 11.8. The van der Waals surface area contributed by atoms with Crippen molar-refractivity contribution in [2.24, 2.45) is 0 Å². The molecule has 0 fully saturated rings. The molecule has 2 aromatic heterocycles. The molecule has 1 aliphatic rings. The van der Waals surface area contributed by atoms with Crippen molar-refractivity contribution < 1.29 is 4.74 Å². The Morgan fingerprint density at radius 1 is 1.21 bits per heavy atom. The van der Waals surface area contributed by atoms with Crippen LogP contribution in [0.1, 0.15) is 18.4 Å². The van der Waals surface area contributed by atoms with E-state index in [0.717, 1.165) is 58.0 Å². The molecule has 24 heavy (non-hydrogen) atoms. The van der Waals surface area contributed by atoms with Gasteiger partial charge in [0.1, 0.15) is 22.9 Å². The van der Waals surface area contributed by atoms with Gasteiger partial charge in [-0.2, -0.15) is 5.10 Å². The van der Waals surface area contributed by atoms with Crippen molar-refractivity contribution in [1.29, 1.82) is 0 Å². The van der Waals surface area contributed by atoms with Gasteiger partial charge in [0.05, 0.1) is 16.3 Å². The van der Waals surface area contributed by atoms with Gasteiger partial charge in [0.2, 0.25) is 0 Å². The number of hydrogen-bond acceptors (Lipinski definition) is 4. The Balaban J connectivity index is 1.93. The van der Waals surface area contributed by atoms with Crippen LogP contribution in [0.15, 0.2) is 36.4 Å². The van der Waals surface area contributed by atoms with E-state index in [-0.39, 0.29) is 0 Å². The van der Waals surface area contributed by atoms with Gasteiger partial charge in [-0.1, -0.05) is 23.7 Å². The first-order valence-electron chi connectivity index (χ1n) is 8.03. The van der Waals surface area contributed by atoms with Crippen LogP contribution in [0.2, 0.25) is 4.34 Å². The van der Waals surface area contributed by atoms with Crippen LogP contribution < -0.4 is 10.1 Å². The lowest BCUT2D eigenvalue weighted by molar-refractivity contribution is 0.412. The fourth-order valence-electron chi connectivity index (χ4n) is 3.12. The highest BCUT2D eigenvalue weighted by atomic mass is 35.5. The Morgan fingerprint density at radius 2 is 2.08 bits per heavy atom. The van der Waals surface area contributed by atoms with Crippen molar-refractivity contribution in [2.75, 3.05) is 19.0 Å². The zero-order chi connectivity index (χ0) is 16.5. The zero-order valence-electron chi connectivity index (χ0n) is 13.4. The average Bonchev–Trinajstić information content (AvgIpc) is 3.10. The van der Waals surface area contributed by atoms with Gasteiger partial charge in [-0.15, -0.1) is 11.3 Å². The van der Waals surface area contributed by atoms with E-state index in [1.54, 1.807) is 18.4 Å². The second-order valence-corrected chi connectivity index (χ2v) is 7.46. The summed E-state index contributed by atoms with van der Waals surface area (Å²) in [4.78, 5) is 1.11. The number of methoxy groups -OCH3 is 1. The number of benzene rings is 1. The molecule has 0 aliphatic carbocycles. The number of para-hydroxylation sites is 2. The SMILES string of the molecule is COc1ccccc1-n1nc(-c2ccc(Cl)s2)c2c1NCCCC2. The van der Waals surface area contributed by atoms with Gasteiger partial charge < -0.3 is 10.1 Å². The van der Waals surface area contributed by atoms with E-state index in [1.165, 1.54) is 5.56 Å². The van der Waals surface area contributed by atoms with Gasteiger partial charge in [0.25, 0.3) is 0 Å². The monoisotopic (exact) mass is 359 g/mol. The zero-order valence-corrected chi connectivity index (χ0v) is 15.0. The summed E-state index contributed by atoms with van der Waals surface area (Å²) in [5.74, 6) is 1.88. The fourth-order valence-corrected chi connectivity index (χ4v) is 4.18. The van der Waals surface area contributed by atoms with Crippen molar-refractivity contribution in [2.45, 2.75) is 19.3 Å². The van der Waals surface area contributed by atoms with Crippen LogP contribution >= 0.6 is 22.9 Å². The van der Waals surface area contributed by atoms with E-state index in [9.17, 15) is 0 Å². The standard InChI is InChI=1S/C18H18ClN3OS/c1-23-14-8-3-2-7-13(14)22-18-12(6-4-5-11-20-18)17(21-22)15-9-10-16(19)24-15/h2-3,7-10,20H,4-6,11H2,1H3. The predicted molar refractivity (Wildman–Crippen MR) is 99.9 cm³/mol. The maximum atomic E-state index is 6.15. The van der Waals surface area contributed by atoms with Crippen LogP contribution in [0.3, 0.4) is 0 Å². The fraction of sp³-hybridized carbons (Fsp3) is 0.278. The van der Waals surface area contributed by atoms with Gasteiger partial charge in [0, 0.05) is 12.1 Å². The Kier molecular flexibility index (Phi) is 4.21. The largest absolute Gasteiger partial charge is 0.494 e. The summed E-state index contributed by atoms with van der Waals surface area (Å²) in [5, 5.41) is 8.48. The molecule has 0 bridgehead atoms. The number of nitrogens with zero attached hydrogens (tertiary/aromatic N) is 2. The minimum atomic E-state index is 0.784. The molecule has 4 rings (SSSR count). The second kappa shape index (κ2) is 6.49. The second-order valence-electron chi connectivity index (χ2n) is 5.75. The summed E-state index contributed by atoms with van der Waals surface area (Å²) in [6.07, 6.45) is 3.33. The number of ether oxygens (including phenoxy) is 1. The Hall–Kier alpha value is -1.98. The molecule has 0 saturated heterocycles. The van der Waals surface area contributed by atoms with Gasteiger partial charge in [0.15, 0.2) is 0 Å². The van der Waals surface area contributed by atoms with Crippen molar-refractivity contribution in [3.8, 4) is 22.0 Å². The van der Waals surface area contributed by atoms with Gasteiger partial charge in [-0.3, -0.25) is 0 Å². The topological polar surface area (TPSA) is 39.1 Å². The number of nitrogens with one attached hydrogen (secondary N) is 1. The highest BCUT2D eigenvalue weighted by molar-refractivity contribution is 7.19. The summed E-state index contributed by atoms with van der Waals surface area (Å²) in [6, 6.07) is 11.9. The average molecular weight is 360 g/mol. The maximum absolute atomic E-state index is 6.15. The quantitative estimate of drug-likeness (QED) is 0.714. The minimum absolute atomic E-state index is 0.784. The molecule has 4 nitrogen and oxygen atoms in total. The van der Waals surface area contributed by atoms with Crippen LogP contribution in [0.5, 0.6) is 5.75 Å². The Labute approximate surface area is 150 Å². The predicted octanol–water partition coefficient (Wildman–Crippen LogP) is 5.01. The molecule has 0 amide bonds. The summed E-state index contributed by atoms with van der Waals surface area (Å²) in [6.45, 7) is 0.957. The normalized spacial score (nSPS) is 13.9. The lowest BCUT2D eigenvalue weighted by Crippen LogP contribution is -2.08. The van der Waals surface area contributed by atoms with Crippen LogP contribution in [-0.2, 0) is 6.42 Å². The molecule has 1 aliphatic heterocycles. The molecular weight excluding hydrogens is 342 g/mol. The molecule has 6 heteroatoms. The molecule has 0 unspecified atom stereocenters. The Bertz CT molecular complexity index is 871. The van der Waals surface area contributed by atoms with Crippen molar-refractivity contribution >= 4 is 28.8 Å². The molecule has 1 aromatic carbocycles. The Morgan fingerprint density at radius 3 is 2.88 bits per heavy atom. The van der Waals surface area contributed by atoms with Crippen molar-refractivity contribution in [3.05, 3.63) is 46.3 Å². The van der Waals surface area contributed by atoms with E-state index >= 15 is 0 Å². The number of anilines is 1. The number of thiophene rings is 1.